The summed E-state index contributed by atoms with van der Waals surface area (Å²) in [6.45, 7) is 7.17. The molecule has 1 saturated carbocycles. The SMILES string of the molecule is CCC1=CCC(C)C(C2C(C)CC(NC(=O)N(CCNC(=O)OCc3ccccc3)OC(=O)c3ccccc3)C(OC3OCC(C)(O)CC3O)C2O)O1. The zero-order valence-electron chi connectivity index (χ0n) is 30.8. The number of benzene rings is 2. The molecule has 10 unspecified atom stereocenters. The van der Waals surface area contributed by atoms with Crippen LogP contribution in [-0.2, 0) is 30.4 Å². The first-order chi connectivity index (χ1) is 25.3. The fraction of sp³-hybridized carbons (Fsp3) is 0.564. The lowest BCUT2D eigenvalue weighted by Crippen LogP contribution is -2.64. The minimum Gasteiger partial charge on any atom is -0.494 e. The summed E-state index contributed by atoms with van der Waals surface area (Å²) in [5.74, 6) is -0.433. The summed E-state index contributed by atoms with van der Waals surface area (Å²) in [5.41, 5.74) is -0.270. The Morgan fingerprint density at radius 3 is 2.40 bits per heavy atom. The van der Waals surface area contributed by atoms with Crippen molar-refractivity contribution in [3.8, 4) is 0 Å². The Morgan fingerprint density at radius 2 is 1.72 bits per heavy atom. The standard InChI is InChI=1S/C39H53N3O11/c1-5-28-17-16-24(2)33(51-28)31-25(3)20-29(34(32(31)44)52-36-30(43)21-39(4,48)23-50-36)41-37(46)42(53-35(45)27-14-10-7-11-15-27)19-18-40-38(47)49-22-26-12-8-6-9-13-26/h6-15,17,24-25,29-34,36,43-44,48H,5,16,18-23H2,1-4H3,(H,40,47)(H,41,46). The number of amides is 3. The molecule has 0 aromatic heterocycles. The number of urea groups is 1. The summed E-state index contributed by atoms with van der Waals surface area (Å²) in [4.78, 5) is 45.1. The van der Waals surface area contributed by atoms with Gasteiger partial charge in [-0.2, -0.15) is 5.06 Å². The predicted molar refractivity (Wildman–Crippen MR) is 192 cm³/mol. The highest BCUT2D eigenvalue weighted by Crippen LogP contribution is 2.42. The van der Waals surface area contributed by atoms with Gasteiger partial charge in [-0.15, -0.1) is 0 Å². The van der Waals surface area contributed by atoms with Crippen LogP contribution in [0.15, 0.2) is 72.5 Å². The van der Waals surface area contributed by atoms with E-state index < -0.39 is 60.3 Å². The van der Waals surface area contributed by atoms with Gasteiger partial charge < -0.3 is 49.7 Å². The maximum Gasteiger partial charge on any atom is 0.407 e. The second kappa shape index (κ2) is 18.2. The molecule has 10 atom stereocenters. The molecule has 3 aliphatic rings. The number of rotatable bonds is 11. The molecule has 53 heavy (non-hydrogen) atoms. The van der Waals surface area contributed by atoms with Crippen molar-refractivity contribution in [1.29, 1.82) is 0 Å². The molecule has 290 valence electrons. The van der Waals surface area contributed by atoms with E-state index in [4.69, 9.17) is 23.8 Å². The van der Waals surface area contributed by atoms with Crippen LogP contribution in [0.3, 0.4) is 0 Å². The maximum absolute atomic E-state index is 14.0. The Kier molecular flexibility index (Phi) is 13.7. The lowest BCUT2D eigenvalue weighted by Gasteiger charge is -2.50. The molecular weight excluding hydrogens is 686 g/mol. The Labute approximate surface area is 310 Å². The first-order valence-corrected chi connectivity index (χ1v) is 18.4. The molecular formula is C39H53N3O11. The van der Waals surface area contributed by atoms with Gasteiger partial charge in [0.2, 0.25) is 0 Å². The van der Waals surface area contributed by atoms with E-state index in [1.54, 1.807) is 37.3 Å². The Hall–Kier alpha value is -4.21. The smallest absolute Gasteiger partial charge is 0.407 e. The molecule has 0 bridgehead atoms. The van der Waals surface area contributed by atoms with Gasteiger partial charge >= 0.3 is 18.1 Å². The number of nitrogens with one attached hydrogen (secondary N) is 2. The molecule has 5 rings (SSSR count). The molecule has 2 fully saturated rings. The van der Waals surface area contributed by atoms with E-state index in [9.17, 15) is 29.7 Å². The average molecular weight is 740 g/mol. The van der Waals surface area contributed by atoms with Crippen LogP contribution >= 0.6 is 0 Å². The lowest BCUT2D eigenvalue weighted by atomic mass is 9.68. The topological polar surface area (TPSA) is 185 Å². The minimum absolute atomic E-state index is 0.0191. The van der Waals surface area contributed by atoms with Crippen LogP contribution in [0.4, 0.5) is 9.59 Å². The number of ether oxygens (including phenoxy) is 4. The number of hydrogen-bond donors (Lipinski definition) is 5. The fourth-order valence-corrected chi connectivity index (χ4v) is 7.24. The van der Waals surface area contributed by atoms with Crippen LogP contribution in [0.5, 0.6) is 0 Å². The number of aliphatic hydroxyl groups is 3. The van der Waals surface area contributed by atoms with Crippen LogP contribution in [0.1, 0.15) is 69.3 Å². The first-order valence-electron chi connectivity index (χ1n) is 18.4. The van der Waals surface area contributed by atoms with Crippen molar-refractivity contribution < 1.29 is 53.5 Å². The quantitative estimate of drug-likeness (QED) is 0.210. The summed E-state index contributed by atoms with van der Waals surface area (Å²) in [7, 11) is 0. The summed E-state index contributed by atoms with van der Waals surface area (Å²) in [6, 6.07) is 15.6. The highest BCUT2D eigenvalue weighted by Gasteiger charge is 2.51. The van der Waals surface area contributed by atoms with Crippen LogP contribution < -0.4 is 10.6 Å². The second-order valence-corrected chi connectivity index (χ2v) is 14.5. The molecule has 0 radical (unpaired) electrons. The van der Waals surface area contributed by atoms with Gasteiger partial charge in [-0.1, -0.05) is 69.3 Å². The van der Waals surface area contributed by atoms with E-state index in [0.717, 1.165) is 22.8 Å². The molecule has 14 heteroatoms. The molecule has 2 aromatic rings. The molecule has 5 N–H and O–H groups in total. The number of aliphatic hydroxyl groups excluding tert-OH is 2. The molecule has 1 aliphatic carbocycles. The number of hydroxylamine groups is 2. The number of allylic oxidation sites excluding steroid dienone is 2. The van der Waals surface area contributed by atoms with Crippen molar-refractivity contribution in [2.75, 3.05) is 19.7 Å². The summed E-state index contributed by atoms with van der Waals surface area (Å²) < 4.78 is 23.7. The van der Waals surface area contributed by atoms with E-state index >= 15 is 0 Å². The van der Waals surface area contributed by atoms with E-state index in [0.29, 0.717) is 12.8 Å². The van der Waals surface area contributed by atoms with E-state index in [1.165, 1.54) is 0 Å². The lowest BCUT2D eigenvalue weighted by molar-refractivity contribution is -0.291. The highest BCUT2D eigenvalue weighted by atomic mass is 16.7. The molecule has 1 saturated heterocycles. The van der Waals surface area contributed by atoms with Gasteiger partial charge in [-0.3, -0.25) is 0 Å². The normalized spacial score (nSPS) is 31.3. The molecule has 2 aliphatic heterocycles. The Bertz CT molecular complexity index is 1540. The number of carbonyl (C=O) groups is 3. The molecule has 3 amide bonds. The van der Waals surface area contributed by atoms with Gasteiger partial charge in [-0.05, 0) is 55.4 Å². The highest BCUT2D eigenvalue weighted by molar-refractivity contribution is 5.90. The van der Waals surface area contributed by atoms with Crippen molar-refractivity contribution in [2.24, 2.45) is 17.8 Å². The molecule has 2 aromatic carbocycles. The van der Waals surface area contributed by atoms with Crippen LogP contribution in [0.25, 0.3) is 0 Å². The zero-order valence-corrected chi connectivity index (χ0v) is 30.8. The monoisotopic (exact) mass is 739 g/mol. The Morgan fingerprint density at radius 1 is 1.02 bits per heavy atom. The third-order valence-electron chi connectivity index (χ3n) is 10.1. The molecule has 0 spiro atoms. The van der Waals surface area contributed by atoms with E-state index in [2.05, 4.69) is 23.6 Å². The number of alkyl carbamates (subject to hydrolysis) is 1. The van der Waals surface area contributed by atoms with Crippen molar-refractivity contribution in [3.05, 3.63) is 83.6 Å². The van der Waals surface area contributed by atoms with Crippen molar-refractivity contribution >= 4 is 18.1 Å². The fourth-order valence-electron chi connectivity index (χ4n) is 7.24. The minimum atomic E-state index is -1.27. The van der Waals surface area contributed by atoms with Gasteiger partial charge in [0, 0.05) is 25.3 Å². The van der Waals surface area contributed by atoms with Crippen molar-refractivity contribution in [3.63, 3.8) is 0 Å². The van der Waals surface area contributed by atoms with Gasteiger partial charge in [-0.25, -0.2) is 14.4 Å². The van der Waals surface area contributed by atoms with Crippen molar-refractivity contribution in [1.82, 2.24) is 15.7 Å². The zero-order chi connectivity index (χ0) is 38.1. The number of hydrogen-bond acceptors (Lipinski definition) is 11. The predicted octanol–water partition coefficient (Wildman–Crippen LogP) is 4.04. The summed E-state index contributed by atoms with van der Waals surface area (Å²) in [5, 5.41) is 39.7. The summed E-state index contributed by atoms with van der Waals surface area (Å²) in [6.07, 6.45) is -1.86. The number of nitrogens with zero attached hydrogens (tertiary/aromatic N) is 1. The third-order valence-corrected chi connectivity index (χ3v) is 10.1. The number of carbonyl (C=O) groups excluding carboxylic acids is 3. The Balaban J connectivity index is 1.33. The van der Waals surface area contributed by atoms with Gasteiger partial charge in [0.05, 0.1) is 42.2 Å². The second-order valence-electron chi connectivity index (χ2n) is 14.5. The van der Waals surface area contributed by atoms with Crippen LogP contribution in [0.2, 0.25) is 0 Å². The van der Waals surface area contributed by atoms with Gasteiger partial charge in [0.1, 0.15) is 24.9 Å². The van der Waals surface area contributed by atoms with Crippen molar-refractivity contribution in [2.45, 2.75) is 102 Å². The van der Waals surface area contributed by atoms with Gasteiger partial charge in [0.15, 0.2) is 6.29 Å². The molecule has 2 heterocycles. The molecule has 14 nitrogen and oxygen atoms in total. The van der Waals surface area contributed by atoms with E-state index in [1.807, 2.05) is 44.2 Å². The van der Waals surface area contributed by atoms with Crippen LogP contribution in [0, 0.1) is 17.8 Å². The largest absolute Gasteiger partial charge is 0.494 e. The summed E-state index contributed by atoms with van der Waals surface area (Å²) >= 11 is 0. The average Bonchev–Trinajstić information content (AvgIpc) is 3.13. The maximum atomic E-state index is 14.0. The van der Waals surface area contributed by atoms with Crippen LogP contribution in [-0.4, -0.2) is 101 Å². The first kappa shape index (κ1) is 40.0. The third kappa shape index (κ3) is 10.7. The van der Waals surface area contributed by atoms with Gasteiger partial charge in [0.25, 0.3) is 0 Å². The van der Waals surface area contributed by atoms with E-state index in [-0.39, 0.29) is 56.2 Å².